The number of nitrogens with zero attached hydrogens (tertiary/aromatic N) is 1. The molecule has 0 bridgehead atoms. The van der Waals surface area contributed by atoms with Crippen molar-refractivity contribution in [3.8, 4) is 0 Å². The molecule has 0 aliphatic rings. The van der Waals surface area contributed by atoms with Gasteiger partial charge in [0, 0.05) is 22.4 Å². The Labute approximate surface area is 66.6 Å². The summed E-state index contributed by atoms with van der Waals surface area (Å²) in [5, 5.41) is 14.8. The minimum Gasteiger partial charge on any atom is -1.00 e. The van der Waals surface area contributed by atoms with E-state index in [1.54, 1.807) is 0 Å². The molecule has 0 aromatic carbocycles. The Kier molecular flexibility index (Phi) is 24.4. The Morgan fingerprint density at radius 3 is 1.33 bits per heavy atom. The van der Waals surface area contributed by atoms with Gasteiger partial charge in [-0.3, -0.25) is 0 Å². The van der Waals surface area contributed by atoms with Gasteiger partial charge < -0.3 is 39.3 Å². The third-order valence-corrected chi connectivity index (χ3v) is 0. The normalized spacial score (nSPS) is 4.00. The van der Waals surface area contributed by atoms with Gasteiger partial charge in [-0.15, -0.1) is 0 Å². The van der Waals surface area contributed by atoms with Crippen LogP contribution in [0, 0.1) is 15.3 Å². The SMILES string of the molecule is O=[N+]([O-])[O-].[Ag].[I-]. The summed E-state index contributed by atoms with van der Waals surface area (Å²) >= 11 is 0. The van der Waals surface area contributed by atoms with Crippen LogP contribution in [0.4, 0.5) is 0 Å². The first-order valence-electron chi connectivity index (χ1n) is 0.548. The summed E-state index contributed by atoms with van der Waals surface area (Å²) in [6.45, 7) is 0. The van der Waals surface area contributed by atoms with Gasteiger partial charge in [-0.05, 0) is 0 Å². The number of halogens is 1. The van der Waals surface area contributed by atoms with E-state index >= 15 is 0 Å². The molecule has 0 saturated heterocycles. The second-order valence-electron chi connectivity index (χ2n) is 0.224. The molecule has 0 aromatic rings. The summed E-state index contributed by atoms with van der Waals surface area (Å²) in [5.74, 6) is 0. The van der Waals surface area contributed by atoms with Crippen LogP contribution in [0.5, 0.6) is 0 Å². The average molecular weight is 297 g/mol. The topological polar surface area (TPSA) is 66.2 Å². The molecule has 0 heterocycles. The molecule has 0 aliphatic heterocycles. The second kappa shape index (κ2) is 9.18. The maximum atomic E-state index is 8.25. The van der Waals surface area contributed by atoms with Crippen LogP contribution in [-0.2, 0) is 22.4 Å². The Bertz CT molecular complexity index is 33.8. The van der Waals surface area contributed by atoms with E-state index in [0.717, 1.165) is 0 Å². The molecule has 6 heteroatoms. The molecule has 0 spiro atoms. The summed E-state index contributed by atoms with van der Waals surface area (Å²) in [5.41, 5.74) is 0. The molecular weight excluding hydrogens is 297 g/mol. The zero-order chi connectivity index (χ0) is 3.58. The van der Waals surface area contributed by atoms with Crippen molar-refractivity contribution in [3.63, 3.8) is 0 Å². The van der Waals surface area contributed by atoms with Crippen LogP contribution >= 0.6 is 0 Å². The molecule has 0 N–H and O–H groups in total. The summed E-state index contributed by atoms with van der Waals surface area (Å²) in [4.78, 5) is 8.25. The quantitative estimate of drug-likeness (QED) is 0.204. The minimum atomic E-state index is -1.75. The average Bonchev–Trinajstić information content (AvgIpc) is 0.811. The zero-order valence-corrected chi connectivity index (χ0v) is 5.99. The van der Waals surface area contributed by atoms with Crippen LogP contribution in [-0.4, -0.2) is 5.09 Å². The first-order chi connectivity index (χ1) is 1.73. The second-order valence-corrected chi connectivity index (χ2v) is 0.224. The predicted octanol–water partition coefficient (Wildman–Crippen LogP) is -3.24. The molecule has 0 rings (SSSR count). The molecule has 0 aromatic heterocycles. The molecule has 0 atom stereocenters. The fourth-order valence-corrected chi connectivity index (χ4v) is 0. The Balaban J connectivity index is -0.0000000450. The van der Waals surface area contributed by atoms with Crippen LogP contribution in [0.2, 0.25) is 0 Å². The van der Waals surface area contributed by atoms with Crippen molar-refractivity contribution >= 4 is 0 Å². The van der Waals surface area contributed by atoms with Crippen LogP contribution in [0.3, 0.4) is 0 Å². The van der Waals surface area contributed by atoms with Crippen molar-refractivity contribution in [3.05, 3.63) is 15.3 Å². The van der Waals surface area contributed by atoms with E-state index < -0.39 is 5.09 Å². The summed E-state index contributed by atoms with van der Waals surface area (Å²) in [6.07, 6.45) is 0. The Morgan fingerprint density at radius 2 is 1.33 bits per heavy atom. The summed E-state index contributed by atoms with van der Waals surface area (Å²) in [7, 11) is 0. The van der Waals surface area contributed by atoms with Gasteiger partial charge in [-0.2, -0.15) is 0 Å². The first-order valence-corrected chi connectivity index (χ1v) is 0.548. The van der Waals surface area contributed by atoms with Gasteiger partial charge >= 0.3 is 0 Å². The fourth-order valence-electron chi connectivity index (χ4n) is 0. The largest absolute Gasteiger partial charge is 1.00 e. The van der Waals surface area contributed by atoms with Crippen LogP contribution in [0.15, 0.2) is 0 Å². The number of hydrogen-bond donors (Lipinski definition) is 0. The summed E-state index contributed by atoms with van der Waals surface area (Å²) < 4.78 is 0. The van der Waals surface area contributed by atoms with Crippen LogP contribution in [0.25, 0.3) is 0 Å². The van der Waals surface area contributed by atoms with Gasteiger partial charge in [0.1, 0.15) is 0 Å². The smallest absolute Gasteiger partial charge is 0.0689 e. The first kappa shape index (κ1) is 15.9. The van der Waals surface area contributed by atoms with Gasteiger partial charge in [0.05, 0.1) is 5.09 Å². The van der Waals surface area contributed by atoms with Crippen molar-refractivity contribution in [1.82, 2.24) is 0 Å². The van der Waals surface area contributed by atoms with Gasteiger partial charge in [-0.25, -0.2) is 0 Å². The zero-order valence-electron chi connectivity index (χ0n) is 2.35. The van der Waals surface area contributed by atoms with Gasteiger partial charge in [0.25, 0.3) is 0 Å². The van der Waals surface area contributed by atoms with E-state index in [0.29, 0.717) is 0 Å². The Hall–Kier alpha value is 0.670. The van der Waals surface area contributed by atoms with Crippen LogP contribution in [0.1, 0.15) is 0 Å². The van der Waals surface area contributed by atoms with E-state index in [2.05, 4.69) is 0 Å². The maximum Gasteiger partial charge on any atom is 0.0689 e. The van der Waals surface area contributed by atoms with Crippen molar-refractivity contribution in [2.75, 3.05) is 0 Å². The van der Waals surface area contributed by atoms with Crippen molar-refractivity contribution in [1.29, 1.82) is 0 Å². The maximum absolute atomic E-state index is 8.25. The van der Waals surface area contributed by atoms with E-state index in [-0.39, 0.29) is 46.4 Å². The monoisotopic (exact) mass is 296 g/mol. The van der Waals surface area contributed by atoms with Gasteiger partial charge in [0.15, 0.2) is 0 Å². The number of hydrogen-bond acceptors (Lipinski definition) is 3. The van der Waals surface area contributed by atoms with Gasteiger partial charge in [-0.1, -0.05) is 0 Å². The fraction of sp³-hybridized carbons (Fsp3) is 0. The van der Waals surface area contributed by atoms with E-state index in [1.165, 1.54) is 0 Å². The standard InChI is InChI=1S/Ag.HI.NO3/c;;2-1(3)4/h;1H;/q;;-1/p-1. The predicted molar refractivity (Wildman–Crippen MR) is 10.4 cm³/mol. The molecule has 0 fully saturated rings. The van der Waals surface area contributed by atoms with Crippen molar-refractivity contribution in [2.45, 2.75) is 0 Å². The number of rotatable bonds is 0. The van der Waals surface area contributed by atoms with Crippen molar-refractivity contribution in [2.24, 2.45) is 0 Å². The molecule has 4 nitrogen and oxygen atoms in total. The molecule has 0 amide bonds. The molecule has 6 heavy (non-hydrogen) atoms. The summed E-state index contributed by atoms with van der Waals surface area (Å²) in [6, 6.07) is 0. The molecule has 0 saturated carbocycles. The van der Waals surface area contributed by atoms with E-state index in [4.69, 9.17) is 15.3 Å². The van der Waals surface area contributed by atoms with Crippen molar-refractivity contribution < 1.29 is 51.4 Å². The van der Waals surface area contributed by atoms with E-state index in [9.17, 15) is 0 Å². The Morgan fingerprint density at radius 1 is 1.33 bits per heavy atom. The van der Waals surface area contributed by atoms with Crippen LogP contribution < -0.4 is 24.0 Å². The van der Waals surface area contributed by atoms with E-state index in [1.807, 2.05) is 0 Å². The molecule has 0 unspecified atom stereocenters. The minimum absolute atomic E-state index is 0. The molecule has 43 valence electrons. The molecular formula is AgINO3-2. The third kappa shape index (κ3) is 140. The molecule has 0 aliphatic carbocycles. The third-order valence-electron chi connectivity index (χ3n) is 0. The van der Waals surface area contributed by atoms with Gasteiger partial charge in [0.2, 0.25) is 0 Å². The molecule has 1 radical (unpaired) electrons.